The minimum atomic E-state index is -0.888. The Morgan fingerprint density at radius 1 is 1.14 bits per heavy atom. The van der Waals surface area contributed by atoms with Crippen LogP contribution in [0, 0.1) is 0 Å². The van der Waals surface area contributed by atoms with Gasteiger partial charge in [-0.05, 0) is 31.2 Å². The molecule has 0 saturated carbocycles. The zero-order valence-electron chi connectivity index (χ0n) is 15.3. The second-order valence-electron chi connectivity index (χ2n) is 6.53. The van der Waals surface area contributed by atoms with Crippen LogP contribution >= 0.6 is 0 Å². The molecule has 1 amide bonds. The van der Waals surface area contributed by atoms with E-state index in [1.807, 2.05) is 12.1 Å². The average molecular weight is 387 g/mol. The number of carbonyl (C=O) groups excluding carboxylic acids is 1. The molecule has 0 saturated heterocycles. The van der Waals surface area contributed by atoms with Gasteiger partial charge in [0.25, 0.3) is 5.91 Å². The molecule has 2 aromatic carbocycles. The van der Waals surface area contributed by atoms with Crippen molar-refractivity contribution in [2.24, 2.45) is 0 Å². The summed E-state index contributed by atoms with van der Waals surface area (Å²) in [5.41, 5.74) is 0. The van der Waals surface area contributed by atoms with Gasteiger partial charge in [-0.3, -0.25) is 4.79 Å². The number of carbonyl (C=O) groups is 1. The summed E-state index contributed by atoms with van der Waals surface area (Å²) in [6.07, 6.45) is -2.13. The molecule has 0 radical (unpaired) electrons. The molecule has 0 aromatic heterocycles. The first-order valence-electron chi connectivity index (χ1n) is 9.01. The van der Waals surface area contributed by atoms with Crippen molar-refractivity contribution in [2.45, 2.75) is 25.2 Å². The molecule has 2 aliphatic rings. The zero-order chi connectivity index (χ0) is 19.5. The largest absolute Gasteiger partial charge is 0.491 e. The first-order chi connectivity index (χ1) is 13.6. The molecule has 2 N–H and O–H groups in total. The number of hydrogen-bond donors (Lipinski definition) is 2. The Balaban J connectivity index is 1.25. The summed E-state index contributed by atoms with van der Waals surface area (Å²) in [5, 5.41) is 12.8. The fourth-order valence-corrected chi connectivity index (χ4v) is 2.94. The second-order valence-corrected chi connectivity index (χ2v) is 6.53. The highest BCUT2D eigenvalue weighted by atomic mass is 16.7. The van der Waals surface area contributed by atoms with E-state index in [1.165, 1.54) is 0 Å². The van der Waals surface area contributed by atoms with Crippen LogP contribution in [0.2, 0.25) is 0 Å². The highest BCUT2D eigenvalue weighted by Gasteiger charge is 2.34. The fourth-order valence-electron chi connectivity index (χ4n) is 2.94. The first-order valence-corrected chi connectivity index (χ1v) is 9.01. The van der Waals surface area contributed by atoms with Gasteiger partial charge in [-0.15, -0.1) is 0 Å². The molecule has 8 heteroatoms. The Hall–Kier alpha value is -3.13. The normalized spacial score (nSPS) is 20.4. The molecule has 2 aromatic rings. The zero-order valence-corrected chi connectivity index (χ0v) is 15.3. The van der Waals surface area contributed by atoms with Gasteiger partial charge in [-0.2, -0.15) is 0 Å². The lowest BCUT2D eigenvalue weighted by Crippen LogP contribution is -2.50. The predicted octanol–water partition coefficient (Wildman–Crippen LogP) is 1.50. The number of ether oxygens (including phenoxy) is 5. The number of rotatable bonds is 6. The Bertz CT molecular complexity index is 856. The number of para-hydroxylation sites is 2. The third-order valence-electron chi connectivity index (χ3n) is 4.40. The quantitative estimate of drug-likeness (QED) is 0.776. The number of hydrogen-bond acceptors (Lipinski definition) is 7. The lowest BCUT2D eigenvalue weighted by molar-refractivity contribution is -0.133. The van der Waals surface area contributed by atoms with Crippen LogP contribution in [0.5, 0.6) is 28.7 Å². The Labute approximate surface area is 161 Å². The van der Waals surface area contributed by atoms with E-state index in [9.17, 15) is 9.90 Å². The van der Waals surface area contributed by atoms with E-state index in [4.69, 9.17) is 23.7 Å². The maximum Gasteiger partial charge on any atom is 0.265 e. The summed E-state index contributed by atoms with van der Waals surface area (Å²) in [4.78, 5) is 12.4. The third kappa shape index (κ3) is 3.91. The van der Waals surface area contributed by atoms with Crippen molar-refractivity contribution < 1.29 is 33.6 Å². The van der Waals surface area contributed by atoms with Crippen molar-refractivity contribution in [2.75, 3.05) is 19.9 Å². The average Bonchev–Trinajstić information content (AvgIpc) is 3.17. The van der Waals surface area contributed by atoms with Gasteiger partial charge in [-0.1, -0.05) is 12.1 Å². The molecule has 0 aliphatic carbocycles. The van der Waals surface area contributed by atoms with Gasteiger partial charge >= 0.3 is 0 Å². The van der Waals surface area contributed by atoms with E-state index < -0.39 is 18.3 Å². The van der Waals surface area contributed by atoms with Crippen molar-refractivity contribution in [1.82, 2.24) is 5.32 Å². The highest BCUT2D eigenvalue weighted by Crippen LogP contribution is 2.35. The lowest BCUT2D eigenvalue weighted by atomic mass is 10.1. The van der Waals surface area contributed by atoms with E-state index in [1.54, 1.807) is 37.3 Å². The summed E-state index contributed by atoms with van der Waals surface area (Å²) in [6.45, 7) is 1.99. The van der Waals surface area contributed by atoms with Crippen molar-refractivity contribution in [3.63, 3.8) is 0 Å². The van der Waals surface area contributed by atoms with Crippen molar-refractivity contribution in [3.8, 4) is 28.7 Å². The SMILES string of the molecule is CC1Oc2ccccc2OC1C(=O)NCC(O)COc1ccc2c(c1)OCO2. The molecular weight excluding hydrogens is 366 g/mol. The summed E-state index contributed by atoms with van der Waals surface area (Å²) < 4.78 is 27.5. The van der Waals surface area contributed by atoms with Crippen molar-refractivity contribution in [3.05, 3.63) is 42.5 Å². The number of fused-ring (bicyclic) bond motifs is 2. The maximum absolute atomic E-state index is 12.4. The van der Waals surface area contributed by atoms with E-state index in [0.717, 1.165) is 0 Å². The smallest absolute Gasteiger partial charge is 0.265 e. The molecule has 2 aliphatic heterocycles. The molecule has 0 spiro atoms. The minimum absolute atomic E-state index is 0.0142. The Kier molecular flexibility index (Phi) is 5.12. The molecule has 148 valence electrons. The number of benzene rings is 2. The topological polar surface area (TPSA) is 95.5 Å². The molecule has 28 heavy (non-hydrogen) atoms. The van der Waals surface area contributed by atoms with Crippen LogP contribution in [0.3, 0.4) is 0 Å². The fraction of sp³-hybridized carbons (Fsp3) is 0.350. The summed E-state index contributed by atoms with van der Waals surface area (Å²) in [6, 6.07) is 12.3. The number of nitrogens with one attached hydrogen (secondary N) is 1. The van der Waals surface area contributed by atoms with E-state index in [2.05, 4.69) is 5.32 Å². The molecule has 8 nitrogen and oxygen atoms in total. The van der Waals surface area contributed by atoms with E-state index in [0.29, 0.717) is 28.7 Å². The van der Waals surface area contributed by atoms with Crippen LogP contribution in [0.25, 0.3) is 0 Å². The molecule has 3 atom stereocenters. The molecular formula is C20H21NO7. The van der Waals surface area contributed by atoms with E-state index in [-0.39, 0.29) is 25.9 Å². The van der Waals surface area contributed by atoms with E-state index >= 15 is 0 Å². The van der Waals surface area contributed by atoms with Gasteiger partial charge in [0.1, 0.15) is 24.6 Å². The lowest BCUT2D eigenvalue weighted by Gasteiger charge is -2.31. The molecule has 3 unspecified atom stereocenters. The van der Waals surface area contributed by atoms with Gasteiger partial charge < -0.3 is 34.1 Å². The summed E-state index contributed by atoms with van der Waals surface area (Å²) >= 11 is 0. The summed E-state index contributed by atoms with van der Waals surface area (Å²) in [7, 11) is 0. The Morgan fingerprint density at radius 2 is 1.89 bits per heavy atom. The van der Waals surface area contributed by atoms with Gasteiger partial charge in [0, 0.05) is 12.6 Å². The highest BCUT2D eigenvalue weighted by molar-refractivity contribution is 5.82. The molecule has 4 rings (SSSR count). The van der Waals surface area contributed by atoms with Crippen LogP contribution in [-0.4, -0.2) is 49.3 Å². The third-order valence-corrected chi connectivity index (χ3v) is 4.40. The van der Waals surface area contributed by atoms with Gasteiger partial charge in [0.05, 0.1) is 0 Å². The second kappa shape index (κ2) is 7.85. The predicted molar refractivity (Wildman–Crippen MR) is 98.0 cm³/mol. The van der Waals surface area contributed by atoms with Crippen LogP contribution in [0.15, 0.2) is 42.5 Å². The molecule has 0 bridgehead atoms. The van der Waals surface area contributed by atoms with Crippen molar-refractivity contribution in [1.29, 1.82) is 0 Å². The molecule has 0 fully saturated rings. The molecule has 2 heterocycles. The van der Waals surface area contributed by atoms with Gasteiger partial charge in [0.2, 0.25) is 12.9 Å². The Morgan fingerprint density at radius 3 is 2.71 bits per heavy atom. The van der Waals surface area contributed by atoms with Crippen LogP contribution in [-0.2, 0) is 4.79 Å². The maximum atomic E-state index is 12.4. The monoisotopic (exact) mass is 387 g/mol. The number of aliphatic hydroxyl groups excluding tert-OH is 1. The number of amides is 1. The number of aliphatic hydroxyl groups is 1. The van der Waals surface area contributed by atoms with Crippen molar-refractivity contribution >= 4 is 5.91 Å². The standard InChI is InChI=1S/C20H21NO7/c1-12-19(28-17-5-3-2-4-16(17)27-12)20(23)21-9-13(22)10-24-14-6-7-15-18(8-14)26-11-25-15/h2-8,12-13,19,22H,9-11H2,1H3,(H,21,23). The van der Waals surface area contributed by atoms with Crippen LogP contribution in [0.1, 0.15) is 6.92 Å². The van der Waals surface area contributed by atoms with Gasteiger partial charge in [-0.25, -0.2) is 0 Å². The first kappa shape index (κ1) is 18.2. The van der Waals surface area contributed by atoms with Crippen LogP contribution < -0.4 is 29.0 Å². The van der Waals surface area contributed by atoms with Crippen LogP contribution in [0.4, 0.5) is 0 Å². The van der Waals surface area contributed by atoms with Gasteiger partial charge in [0.15, 0.2) is 23.0 Å². The minimum Gasteiger partial charge on any atom is -0.491 e. The summed E-state index contributed by atoms with van der Waals surface area (Å²) in [5.74, 6) is 2.58.